The molecule has 0 unspecified atom stereocenters. The fraction of sp³-hybridized carbons (Fsp3) is 0.500. The van der Waals surface area contributed by atoms with E-state index < -0.39 is 0 Å². The molecule has 0 spiro atoms. The Bertz CT molecular complexity index is 571. The fourth-order valence-electron chi connectivity index (χ4n) is 2.75. The summed E-state index contributed by atoms with van der Waals surface area (Å²) in [6.07, 6.45) is 9.59. The van der Waals surface area contributed by atoms with Crippen LogP contribution < -0.4 is 0 Å². The molecule has 1 rings (SSSR count). The molecule has 0 saturated carbocycles. The minimum atomic E-state index is -0.0656. The summed E-state index contributed by atoms with van der Waals surface area (Å²) in [5, 5.41) is 0. The van der Waals surface area contributed by atoms with Gasteiger partial charge in [-0.3, -0.25) is 4.79 Å². The van der Waals surface area contributed by atoms with Crippen molar-refractivity contribution in [3.8, 4) is 11.8 Å². The van der Waals surface area contributed by atoms with Crippen LogP contribution in [0.3, 0.4) is 0 Å². The highest BCUT2D eigenvalue weighted by atomic mass is 16.1. The minimum absolute atomic E-state index is 0.0656. The van der Waals surface area contributed by atoms with Gasteiger partial charge in [-0.05, 0) is 42.7 Å². The van der Waals surface area contributed by atoms with E-state index in [0.29, 0.717) is 12.3 Å². The molecule has 0 N–H and O–H groups in total. The van der Waals surface area contributed by atoms with Gasteiger partial charge in [-0.1, -0.05) is 69.7 Å². The molecule has 0 aliphatic rings. The smallest absolute Gasteiger partial charge is 0.236 e. The number of allylic oxidation sites excluding steroid dienone is 1. The van der Waals surface area contributed by atoms with Gasteiger partial charge in [0.05, 0.1) is 0 Å². The van der Waals surface area contributed by atoms with Gasteiger partial charge in [-0.25, -0.2) is 0 Å². The predicted molar refractivity (Wildman–Crippen MR) is 99.7 cm³/mol. The highest BCUT2D eigenvalue weighted by Gasteiger charge is 2.10. The van der Waals surface area contributed by atoms with Crippen LogP contribution in [0, 0.1) is 24.7 Å². The summed E-state index contributed by atoms with van der Waals surface area (Å²) >= 11 is 0. The second kappa shape index (κ2) is 10.8. The molecule has 23 heavy (non-hydrogen) atoms. The molecule has 0 heterocycles. The first-order chi connectivity index (χ1) is 11.1. The molecule has 0 radical (unpaired) electrons. The molecule has 1 nitrogen and oxygen atoms in total. The molecule has 0 aromatic heterocycles. The maximum Gasteiger partial charge on any atom is 0.236 e. The first-order valence-electron chi connectivity index (χ1n) is 8.82. The van der Waals surface area contributed by atoms with Crippen molar-refractivity contribution in [1.82, 2.24) is 0 Å². The van der Waals surface area contributed by atoms with Gasteiger partial charge in [-0.15, -0.1) is 6.58 Å². The van der Waals surface area contributed by atoms with E-state index in [4.69, 9.17) is 0 Å². The second-order valence-corrected chi connectivity index (χ2v) is 6.36. The van der Waals surface area contributed by atoms with Gasteiger partial charge in [0.2, 0.25) is 5.78 Å². The van der Waals surface area contributed by atoms with Gasteiger partial charge in [-0.2, -0.15) is 0 Å². The standard InChI is InChI=1S/C22H30O/c1-5-7-8-13-18(3)14-9-10-17-22(23)21-16-11-15-19(4)20(21)12-6-2/h6,11,15-16,18H,2,5,7-9,12-14H2,1,3-4H3/t18-/m0/s1. The molecule has 0 aliphatic heterocycles. The number of carbonyl (C=O) groups is 1. The maximum absolute atomic E-state index is 12.3. The zero-order valence-electron chi connectivity index (χ0n) is 15.0. The Morgan fingerprint density at radius 2 is 2.09 bits per heavy atom. The molecule has 0 saturated heterocycles. The average molecular weight is 310 g/mol. The van der Waals surface area contributed by atoms with Gasteiger partial charge in [0, 0.05) is 12.0 Å². The maximum atomic E-state index is 12.3. The summed E-state index contributed by atoms with van der Waals surface area (Å²) in [5.41, 5.74) is 2.91. The van der Waals surface area contributed by atoms with E-state index in [1.807, 2.05) is 31.2 Å². The number of Topliss-reactive ketones (excluding diaryl/α,β-unsaturated/α-hetero) is 1. The number of rotatable bonds is 9. The number of ketones is 1. The van der Waals surface area contributed by atoms with Crippen molar-refractivity contribution < 1.29 is 4.79 Å². The molecule has 1 aromatic carbocycles. The van der Waals surface area contributed by atoms with Gasteiger partial charge < -0.3 is 0 Å². The predicted octanol–water partition coefficient (Wildman–Crippen LogP) is 5.91. The van der Waals surface area contributed by atoms with Gasteiger partial charge in [0.1, 0.15) is 0 Å². The third-order valence-electron chi connectivity index (χ3n) is 4.27. The van der Waals surface area contributed by atoms with Gasteiger partial charge in [0.15, 0.2) is 0 Å². The summed E-state index contributed by atoms with van der Waals surface area (Å²) < 4.78 is 0. The van der Waals surface area contributed by atoms with Crippen LogP contribution in [-0.2, 0) is 6.42 Å². The zero-order chi connectivity index (χ0) is 17.1. The topological polar surface area (TPSA) is 17.1 Å². The van der Waals surface area contributed by atoms with E-state index >= 15 is 0 Å². The minimum Gasteiger partial charge on any atom is -0.279 e. The number of carbonyl (C=O) groups excluding carboxylic acids is 1. The van der Waals surface area contributed by atoms with Crippen LogP contribution in [0.2, 0.25) is 0 Å². The van der Waals surface area contributed by atoms with Crippen molar-refractivity contribution in [2.24, 2.45) is 5.92 Å². The Morgan fingerprint density at radius 1 is 1.30 bits per heavy atom. The lowest BCUT2D eigenvalue weighted by Gasteiger charge is -2.08. The Balaban J connectivity index is 2.58. The fourth-order valence-corrected chi connectivity index (χ4v) is 2.75. The lowest BCUT2D eigenvalue weighted by molar-refractivity contribution is 0.105. The number of hydrogen-bond donors (Lipinski definition) is 0. The van der Waals surface area contributed by atoms with Crippen LogP contribution in [0.15, 0.2) is 30.9 Å². The quantitative estimate of drug-likeness (QED) is 0.182. The van der Waals surface area contributed by atoms with Crippen LogP contribution in [0.5, 0.6) is 0 Å². The summed E-state index contributed by atoms with van der Waals surface area (Å²) in [4.78, 5) is 12.3. The Morgan fingerprint density at radius 3 is 2.78 bits per heavy atom. The average Bonchev–Trinajstić information content (AvgIpc) is 2.53. The molecule has 1 heteroatoms. The van der Waals surface area contributed by atoms with Crippen molar-refractivity contribution in [1.29, 1.82) is 0 Å². The third kappa shape index (κ3) is 6.87. The Labute approximate surface area is 142 Å². The molecular formula is C22H30O. The number of hydrogen-bond acceptors (Lipinski definition) is 1. The zero-order valence-corrected chi connectivity index (χ0v) is 15.0. The molecular weight excluding hydrogens is 280 g/mol. The van der Waals surface area contributed by atoms with E-state index in [-0.39, 0.29) is 5.78 Å². The Kier molecular flexibility index (Phi) is 9.07. The van der Waals surface area contributed by atoms with Crippen molar-refractivity contribution in [3.05, 3.63) is 47.5 Å². The molecule has 0 bridgehead atoms. The van der Waals surface area contributed by atoms with Crippen molar-refractivity contribution >= 4 is 5.78 Å². The highest BCUT2D eigenvalue weighted by Crippen LogP contribution is 2.16. The highest BCUT2D eigenvalue weighted by molar-refractivity contribution is 6.10. The lowest BCUT2D eigenvalue weighted by Crippen LogP contribution is -2.03. The van der Waals surface area contributed by atoms with E-state index in [1.54, 1.807) is 0 Å². The molecule has 1 aromatic rings. The van der Waals surface area contributed by atoms with Crippen LogP contribution in [0.4, 0.5) is 0 Å². The summed E-state index contributed by atoms with van der Waals surface area (Å²) in [7, 11) is 0. The largest absolute Gasteiger partial charge is 0.279 e. The third-order valence-corrected chi connectivity index (χ3v) is 4.27. The molecule has 0 fully saturated rings. The normalized spacial score (nSPS) is 11.4. The van der Waals surface area contributed by atoms with E-state index in [2.05, 4.69) is 32.3 Å². The molecule has 124 valence electrons. The van der Waals surface area contributed by atoms with Gasteiger partial charge in [0.25, 0.3) is 0 Å². The molecule has 0 amide bonds. The first kappa shape index (κ1) is 19.2. The molecule has 1 atom stereocenters. The summed E-state index contributed by atoms with van der Waals surface area (Å²) in [6, 6.07) is 5.82. The summed E-state index contributed by atoms with van der Waals surface area (Å²) in [5.74, 6) is 6.52. The first-order valence-corrected chi connectivity index (χ1v) is 8.82. The van der Waals surface area contributed by atoms with E-state index in [1.165, 1.54) is 25.7 Å². The van der Waals surface area contributed by atoms with Crippen LogP contribution in [0.25, 0.3) is 0 Å². The SMILES string of the molecule is C=CCc1c(C)cccc1C(=O)C#CCC[C@@H](C)CCCCC. The van der Waals surface area contributed by atoms with Gasteiger partial charge >= 0.3 is 0 Å². The lowest BCUT2D eigenvalue weighted by atomic mass is 9.96. The van der Waals surface area contributed by atoms with Crippen LogP contribution in [-0.4, -0.2) is 5.78 Å². The van der Waals surface area contributed by atoms with Crippen LogP contribution >= 0.6 is 0 Å². The molecule has 0 aliphatic carbocycles. The van der Waals surface area contributed by atoms with Crippen molar-refractivity contribution in [3.63, 3.8) is 0 Å². The number of aryl methyl sites for hydroxylation is 1. The van der Waals surface area contributed by atoms with Crippen molar-refractivity contribution in [2.75, 3.05) is 0 Å². The monoisotopic (exact) mass is 310 g/mol. The van der Waals surface area contributed by atoms with Crippen molar-refractivity contribution in [2.45, 2.75) is 65.7 Å². The van der Waals surface area contributed by atoms with E-state index in [0.717, 1.165) is 29.5 Å². The van der Waals surface area contributed by atoms with Crippen LogP contribution in [0.1, 0.15) is 73.9 Å². The Hall–Kier alpha value is -1.81. The number of unbranched alkanes of at least 4 members (excludes halogenated alkanes) is 2. The number of benzene rings is 1. The second-order valence-electron chi connectivity index (χ2n) is 6.36. The summed E-state index contributed by atoms with van der Waals surface area (Å²) in [6.45, 7) is 10.3. The van der Waals surface area contributed by atoms with E-state index in [9.17, 15) is 4.79 Å².